The van der Waals surface area contributed by atoms with Gasteiger partial charge in [0.2, 0.25) is 5.91 Å². The molecule has 8 heteroatoms. The molecule has 1 aliphatic carbocycles. The van der Waals surface area contributed by atoms with Gasteiger partial charge in [0.15, 0.2) is 24.1 Å². The maximum absolute atomic E-state index is 12.9. The summed E-state index contributed by atoms with van der Waals surface area (Å²) in [7, 11) is 0. The van der Waals surface area contributed by atoms with E-state index >= 15 is 0 Å². The number of hydrogen-bond acceptors (Lipinski definition) is 6. The molecule has 2 aliphatic rings. The zero-order chi connectivity index (χ0) is 20.9. The van der Waals surface area contributed by atoms with Gasteiger partial charge in [-0.25, -0.2) is 0 Å². The predicted octanol–water partition coefficient (Wildman–Crippen LogP) is 2.74. The smallest absolute Gasteiger partial charge is 0.277 e. The molecule has 0 unspecified atom stereocenters. The first-order chi connectivity index (χ1) is 14.6. The fourth-order valence-corrected chi connectivity index (χ4v) is 3.47. The Labute approximate surface area is 173 Å². The summed E-state index contributed by atoms with van der Waals surface area (Å²) in [6.45, 7) is 1.00. The zero-order valence-electron chi connectivity index (χ0n) is 16.6. The molecule has 2 aromatic rings. The van der Waals surface area contributed by atoms with Gasteiger partial charge >= 0.3 is 0 Å². The van der Waals surface area contributed by atoms with Crippen LogP contribution in [-0.4, -0.2) is 33.9 Å². The summed E-state index contributed by atoms with van der Waals surface area (Å²) >= 11 is 0. The normalized spacial score (nSPS) is 18.1. The van der Waals surface area contributed by atoms with Gasteiger partial charge < -0.3 is 20.5 Å². The number of ether oxygens (including phenoxy) is 1. The van der Waals surface area contributed by atoms with Gasteiger partial charge in [0.05, 0.1) is 5.39 Å². The highest BCUT2D eigenvalue weighted by Crippen LogP contribution is 2.22. The van der Waals surface area contributed by atoms with Gasteiger partial charge in [-0.2, -0.15) is 4.68 Å². The van der Waals surface area contributed by atoms with Crippen LogP contribution in [0.15, 0.2) is 64.4 Å². The van der Waals surface area contributed by atoms with E-state index in [1.807, 2.05) is 18.2 Å². The van der Waals surface area contributed by atoms with Crippen LogP contribution in [0.25, 0.3) is 10.8 Å². The molecule has 0 atom stereocenters. The number of hydrogen-bond donors (Lipinski definition) is 3. The quantitative estimate of drug-likeness (QED) is 0.619. The summed E-state index contributed by atoms with van der Waals surface area (Å²) in [5, 5.41) is 22.2. The Morgan fingerprint density at radius 1 is 1.03 bits per heavy atom. The monoisotopic (exact) mass is 408 g/mol. The first-order valence-corrected chi connectivity index (χ1v) is 10.1. The summed E-state index contributed by atoms with van der Waals surface area (Å²) in [5.41, 5.74) is 0.631. The molecule has 0 spiro atoms. The molecule has 0 saturated carbocycles. The summed E-state index contributed by atoms with van der Waals surface area (Å²) in [6, 6.07) is 7.26. The number of nitrogens with one attached hydrogen (secondary N) is 2. The van der Waals surface area contributed by atoms with Crippen LogP contribution in [0.3, 0.4) is 0 Å². The van der Waals surface area contributed by atoms with Gasteiger partial charge in [-0.3, -0.25) is 9.59 Å². The highest BCUT2D eigenvalue weighted by Gasteiger charge is 2.14. The molecule has 4 bridgehead atoms. The third-order valence-electron chi connectivity index (χ3n) is 5.08. The molecule has 1 aromatic carbocycles. The molecular weight excluding hydrogens is 384 g/mol. The fraction of sp³-hybridized carbons (Fsp3) is 0.318. The lowest BCUT2D eigenvalue weighted by Gasteiger charge is -2.15. The van der Waals surface area contributed by atoms with Crippen molar-refractivity contribution in [3.8, 4) is 0 Å². The lowest BCUT2D eigenvalue weighted by atomic mass is 10.1. The van der Waals surface area contributed by atoms with Crippen molar-refractivity contribution in [2.45, 2.75) is 32.4 Å². The maximum atomic E-state index is 12.9. The average molecular weight is 408 g/mol. The number of carbonyl (C=O) groups is 1. The van der Waals surface area contributed by atoms with Crippen molar-refractivity contribution in [2.75, 3.05) is 18.4 Å². The number of nitrogens with zero attached hydrogens (tertiary/aromatic N) is 2. The van der Waals surface area contributed by atoms with E-state index in [4.69, 9.17) is 4.74 Å². The number of anilines is 1. The van der Waals surface area contributed by atoms with Crippen LogP contribution < -0.4 is 16.2 Å². The molecule has 156 valence electrons. The molecule has 2 heterocycles. The average Bonchev–Trinajstić information content (AvgIpc) is 2.93. The minimum atomic E-state index is -0.266. The lowest BCUT2D eigenvalue weighted by molar-refractivity contribution is -0.121. The molecule has 3 N–H and O–H groups in total. The van der Waals surface area contributed by atoms with E-state index in [1.165, 1.54) is 4.68 Å². The van der Waals surface area contributed by atoms with E-state index in [0.29, 0.717) is 43.6 Å². The maximum Gasteiger partial charge on any atom is 0.277 e. The Morgan fingerprint density at radius 3 is 2.70 bits per heavy atom. The predicted molar refractivity (Wildman–Crippen MR) is 114 cm³/mol. The molecule has 8 nitrogen and oxygen atoms in total. The SMILES string of the molecule is O=C1CCC2=CCC=C(O)C(=C2)OCn2nc(c3ccccc3c2=O)NCCCN1. The van der Waals surface area contributed by atoms with Gasteiger partial charge in [-0.1, -0.05) is 24.3 Å². The number of aliphatic hydroxyl groups excluding tert-OH is 1. The van der Waals surface area contributed by atoms with E-state index in [9.17, 15) is 14.7 Å². The van der Waals surface area contributed by atoms with Crippen LogP contribution in [-0.2, 0) is 16.3 Å². The number of carbonyl (C=O) groups excluding carboxylic acids is 1. The second-order valence-electron chi connectivity index (χ2n) is 7.22. The molecule has 1 aliphatic heterocycles. The Hall–Kier alpha value is -3.55. The van der Waals surface area contributed by atoms with E-state index in [2.05, 4.69) is 15.7 Å². The topological polar surface area (TPSA) is 105 Å². The number of aromatic nitrogens is 2. The van der Waals surface area contributed by atoms with Gasteiger partial charge in [-0.15, -0.1) is 5.10 Å². The van der Waals surface area contributed by atoms with Crippen molar-refractivity contribution < 1.29 is 14.6 Å². The molecule has 0 saturated heterocycles. The van der Waals surface area contributed by atoms with Crippen LogP contribution in [0.1, 0.15) is 25.7 Å². The first-order valence-electron chi connectivity index (χ1n) is 10.1. The van der Waals surface area contributed by atoms with Crippen LogP contribution in [0.2, 0.25) is 0 Å². The standard InChI is InChI=1S/C22H24N4O4/c27-18-8-3-5-15-9-10-20(28)23-11-4-12-24-21-16-6-1-2-7-17(16)22(29)26(25-21)14-30-19(18)13-15/h1-2,5-8,13,27H,3-4,9-12,14H2,(H,23,28)(H,24,25). The minimum Gasteiger partial charge on any atom is -0.504 e. The van der Waals surface area contributed by atoms with Gasteiger partial charge in [0.1, 0.15) is 0 Å². The second-order valence-corrected chi connectivity index (χ2v) is 7.22. The van der Waals surface area contributed by atoms with Crippen molar-refractivity contribution in [2.24, 2.45) is 0 Å². The number of rotatable bonds is 0. The number of allylic oxidation sites excluding steroid dienone is 4. The van der Waals surface area contributed by atoms with Crippen molar-refractivity contribution in [3.05, 3.63) is 69.9 Å². The van der Waals surface area contributed by atoms with Crippen LogP contribution in [0.5, 0.6) is 0 Å². The molecular formula is C22H24N4O4. The Morgan fingerprint density at radius 2 is 1.83 bits per heavy atom. The molecule has 1 amide bonds. The van der Waals surface area contributed by atoms with Gasteiger partial charge in [0.25, 0.3) is 5.56 Å². The Kier molecular flexibility index (Phi) is 5.83. The number of amides is 1. The lowest BCUT2D eigenvalue weighted by Crippen LogP contribution is -2.27. The van der Waals surface area contributed by atoms with Crippen LogP contribution >= 0.6 is 0 Å². The van der Waals surface area contributed by atoms with Gasteiger partial charge in [-0.05, 0) is 43.1 Å². The largest absolute Gasteiger partial charge is 0.504 e. The third-order valence-corrected chi connectivity index (χ3v) is 5.08. The van der Waals surface area contributed by atoms with Gasteiger partial charge in [0, 0.05) is 24.9 Å². The summed E-state index contributed by atoms with van der Waals surface area (Å²) in [4.78, 5) is 25.0. The molecule has 30 heavy (non-hydrogen) atoms. The van der Waals surface area contributed by atoms with Crippen LogP contribution in [0, 0.1) is 0 Å². The fourth-order valence-electron chi connectivity index (χ4n) is 3.47. The van der Waals surface area contributed by atoms with Crippen molar-refractivity contribution in [3.63, 3.8) is 0 Å². The zero-order valence-corrected chi connectivity index (χ0v) is 16.6. The number of fused-ring (bicyclic) bond motifs is 5. The highest BCUT2D eigenvalue weighted by molar-refractivity contribution is 5.90. The van der Waals surface area contributed by atoms with Crippen LogP contribution in [0.4, 0.5) is 5.82 Å². The Bertz CT molecular complexity index is 1110. The molecule has 0 radical (unpaired) electrons. The van der Waals surface area contributed by atoms with Crippen molar-refractivity contribution >= 4 is 22.5 Å². The molecule has 0 fully saturated rings. The van der Waals surface area contributed by atoms with E-state index in [0.717, 1.165) is 17.4 Å². The van der Waals surface area contributed by atoms with Crippen molar-refractivity contribution in [1.82, 2.24) is 15.1 Å². The molecule has 4 rings (SSSR count). The number of benzene rings is 1. The summed E-state index contributed by atoms with van der Waals surface area (Å²) in [5.74, 6) is 0.807. The highest BCUT2D eigenvalue weighted by atomic mass is 16.5. The molecule has 1 aromatic heterocycles. The third kappa shape index (κ3) is 4.37. The second kappa shape index (κ2) is 8.86. The Balaban J connectivity index is 1.71. The van der Waals surface area contributed by atoms with E-state index in [1.54, 1.807) is 24.3 Å². The summed E-state index contributed by atoms with van der Waals surface area (Å²) in [6.07, 6.45) is 7.45. The van der Waals surface area contributed by atoms with Crippen molar-refractivity contribution in [1.29, 1.82) is 0 Å². The minimum absolute atomic E-state index is 0.000922. The summed E-state index contributed by atoms with van der Waals surface area (Å²) < 4.78 is 7.03. The van der Waals surface area contributed by atoms with E-state index < -0.39 is 0 Å². The number of aliphatic hydroxyl groups is 1. The first kappa shape index (κ1) is 19.8. The van der Waals surface area contributed by atoms with E-state index in [-0.39, 0.29) is 29.7 Å².